The molecular weight excluding hydrogens is 396 g/mol. The van der Waals surface area contributed by atoms with Crippen molar-refractivity contribution in [2.24, 2.45) is 0 Å². The lowest BCUT2D eigenvalue weighted by Crippen LogP contribution is -2.30. The highest BCUT2D eigenvalue weighted by atomic mass is 79.9. The number of aromatic nitrogens is 1. The monoisotopic (exact) mass is 410 g/mol. The number of hydrogen-bond donors (Lipinski definition) is 0. The molecule has 0 aliphatic carbocycles. The number of rotatable bonds is 4. The number of benzene rings is 1. The fraction of sp³-hybridized carbons (Fsp3) is 0.250. The van der Waals surface area contributed by atoms with Gasteiger partial charge in [0.2, 0.25) is 0 Å². The lowest BCUT2D eigenvalue weighted by Gasteiger charge is -2.21. The van der Waals surface area contributed by atoms with Gasteiger partial charge in [0.15, 0.2) is 0 Å². The summed E-state index contributed by atoms with van der Waals surface area (Å²) in [5.41, 5.74) is 2.52. The van der Waals surface area contributed by atoms with Gasteiger partial charge in [-0.05, 0) is 44.2 Å². The third-order valence-electron chi connectivity index (χ3n) is 3.08. The van der Waals surface area contributed by atoms with Gasteiger partial charge < -0.3 is 4.90 Å². The highest BCUT2D eigenvalue weighted by Gasteiger charge is 2.16. The van der Waals surface area contributed by atoms with E-state index in [1.165, 1.54) is 0 Å². The van der Waals surface area contributed by atoms with Gasteiger partial charge in [0.05, 0.1) is 12.2 Å². The van der Waals surface area contributed by atoms with Crippen LogP contribution < -0.4 is 0 Å². The minimum Gasteiger partial charge on any atom is -0.333 e. The van der Waals surface area contributed by atoms with Crippen LogP contribution in [0.5, 0.6) is 0 Å². The molecule has 0 bridgehead atoms. The van der Waals surface area contributed by atoms with Crippen molar-refractivity contribution in [2.45, 2.75) is 20.4 Å². The number of aryl methyl sites for hydroxylation is 1. The maximum absolute atomic E-state index is 12.6. The van der Waals surface area contributed by atoms with Crippen molar-refractivity contribution >= 4 is 37.8 Å². The Hall–Kier alpha value is -1.20. The molecule has 0 aliphatic heterocycles. The summed E-state index contributed by atoms with van der Waals surface area (Å²) in [5.74, 6) is 0.00260. The van der Waals surface area contributed by atoms with Gasteiger partial charge in [-0.15, -0.1) is 0 Å². The minimum absolute atomic E-state index is 0.00260. The van der Waals surface area contributed by atoms with Crippen LogP contribution in [0.15, 0.2) is 45.3 Å². The molecule has 0 saturated carbocycles. The Kier molecular flexibility index (Phi) is 5.53. The Morgan fingerprint density at radius 2 is 1.86 bits per heavy atom. The molecule has 0 N–H and O–H groups in total. The maximum atomic E-state index is 12.6. The number of pyridine rings is 1. The molecule has 0 saturated heterocycles. The van der Waals surface area contributed by atoms with Crippen LogP contribution in [0.4, 0.5) is 0 Å². The van der Waals surface area contributed by atoms with Gasteiger partial charge >= 0.3 is 0 Å². The zero-order valence-electron chi connectivity index (χ0n) is 11.9. The van der Waals surface area contributed by atoms with E-state index in [9.17, 15) is 4.79 Å². The number of nitrogens with zero attached hydrogens (tertiary/aromatic N) is 2. The second-order valence-electron chi connectivity index (χ2n) is 4.75. The Morgan fingerprint density at radius 1 is 1.19 bits per heavy atom. The van der Waals surface area contributed by atoms with E-state index >= 15 is 0 Å². The summed E-state index contributed by atoms with van der Waals surface area (Å²) in [6.45, 7) is 5.08. The standard InChI is InChI=1S/C16H16Br2N2O/c1-3-20(10-15-6-4-5-11(2)19-15)16(21)12-7-13(17)9-14(18)8-12/h4-9H,3,10H2,1-2H3. The SMILES string of the molecule is CCN(Cc1cccc(C)n1)C(=O)c1cc(Br)cc(Br)c1. The summed E-state index contributed by atoms with van der Waals surface area (Å²) in [4.78, 5) is 18.9. The molecule has 0 aliphatic rings. The first-order chi connectivity index (χ1) is 9.99. The predicted molar refractivity (Wildman–Crippen MR) is 91.2 cm³/mol. The van der Waals surface area contributed by atoms with Gasteiger partial charge in [-0.3, -0.25) is 9.78 Å². The van der Waals surface area contributed by atoms with Crippen LogP contribution in [0.25, 0.3) is 0 Å². The Labute approximate surface area is 141 Å². The van der Waals surface area contributed by atoms with E-state index in [-0.39, 0.29) is 5.91 Å². The first-order valence-corrected chi connectivity index (χ1v) is 8.26. The number of halogens is 2. The highest BCUT2D eigenvalue weighted by Crippen LogP contribution is 2.21. The first-order valence-electron chi connectivity index (χ1n) is 6.67. The van der Waals surface area contributed by atoms with Crippen molar-refractivity contribution in [3.05, 3.63) is 62.3 Å². The van der Waals surface area contributed by atoms with E-state index < -0.39 is 0 Å². The molecule has 3 nitrogen and oxygen atoms in total. The molecular formula is C16H16Br2N2O. The zero-order valence-corrected chi connectivity index (χ0v) is 15.1. The molecule has 1 heterocycles. The largest absolute Gasteiger partial charge is 0.333 e. The molecule has 0 atom stereocenters. The third-order valence-corrected chi connectivity index (χ3v) is 3.99. The summed E-state index contributed by atoms with van der Waals surface area (Å²) >= 11 is 6.83. The van der Waals surface area contributed by atoms with Gasteiger partial charge in [0.25, 0.3) is 5.91 Å². The zero-order chi connectivity index (χ0) is 15.4. The molecule has 21 heavy (non-hydrogen) atoms. The number of carbonyl (C=O) groups excluding carboxylic acids is 1. The van der Waals surface area contributed by atoms with Crippen LogP contribution in [0.1, 0.15) is 28.7 Å². The Morgan fingerprint density at radius 3 is 2.43 bits per heavy atom. The molecule has 0 unspecified atom stereocenters. The lowest BCUT2D eigenvalue weighted by molar-refractivity contribution is 0.0750. The van der Waals surface area contributed by atoms with Gasteiger partial charge in [0.1, 0.15) is 0 Å². The van der Waals surface area contributed by atoms with Crippen LogP contribution in [0, 0.1) is 6.92 Å². The van der Waals surface area contributed by atoms with E-state index in [4.69, 9.17) is 0 Å². The Bertz CT molecular complexity index is 638. The van der Waals surface area contributed by atoms with E-state index in [1.54, 1.807) is 4.90 Å². The van der Waals surface area contributed by atoms with Gasteiger partial charge in [-0.25, -0.2) is 0 Å². The lowest BCUT2D eigenvalue weighted by atomic mass is 10.2. The maximum Gasteiger partial charge on any atom is 0.254 e. The van der Waals surface area contributed by atoms with Crippen LogP contribution in [-0.2, 0) is 6.54 Å². The molecule has 0 spiro atoms. The van der Waals surface area contributed by atoms with Gasteiger partial charge in [-0.1, -0.05) is 37.9 Å². The van der Waals surface area contributed by atoms with Crippen molar-refractivity contribution in [1.29, 1.82) is 0 Å². The van der Waals surface area contributed by atoms with Crippen LogP contribution in [0.2, 0.25) is 0 Å². The Balaban J connectivity index is 2.22. The molecule has 2 aromatic rings. The van der Waals surface area contributed by atoms with Gasteiger partial charge in [0, 0.05) is 26.7 Å². The summed E-state index contributed by atoms with van der Waals surface area (Å²) in [5, 5.41) is 0. The van der Waals surface area contributed by atoms with Crippen molar-refractivity contribution < 1.29 is 4.79 Å². The van der Waals surface area contributed by atoms with Crippen LogP contribution in [-0.4, -0.2) is 22.3 Å². The molecule has 1 amide bonds. The second kappa shape index (κ2) is 7.18. The third kappa shape index (κ3) is 4.38. The summed E-state index contributed by atoms with van der Waals surface area (Å²) < 4.78 is 1.76. The molecule has 0 radical (unpaired) electrons. The van der Waals surface area contributed by atoms with E-state index in [1.807, 2.05) is 50.2 Å². The normalized spacial score (nSPS) is 10.5. The van der Waals surface area contributed by atoms with E-state index in [0.717, 1.165) is 20.3 Å². The molecule has 1 aromatic heterocycles. The molecule has 5 heteroatoms. The molecule has 2 rings (SSSR count). The average Bonchev–Trinajstić information content (AvgIpc) is 2.43. The van der Waals surface area contributed by atoms with Crippen molar-refractivity contribution in [3.63, 3.8) is 0 Å². The number of amides is 1. The van der Waals surface area contributed by atoms with Crippen LogP contribution >= 0.6 is 31.9 Å². The van der Waals surface area contributed by atoms with Crippen molar-refractivity contribution in [3.8, 4) is 0 Å². The summed E-state index contributed by atoms with van der Waals surface area (Å²) in [7, 11) is 0. The number of carbonyl (C=O) groups is 1. The fourth-order valence-corrected chi connectivity index (χ4v) is 3.36. The van der Waals surface area contributed by atoms with Crippen molar-refractivity contribution in [1.82, 2.24) is 9.88 Å². The molecule has 0 fully saturated rings. The summed E-state index contributed by atoms with van der Waals surface area (Å²) in [6, 6.07) is 11.4. The topological polar surface area (TPSA) is 33.2 Å². The molecule has 1 aromatic carbocycles. The minimum atomic E-state index is 0.00260. The smallest absolute Gasteiger partial charge is 0.254 e. The van der Waals surface area contributed by atoms with Crippen LogP contribution in [0.3, 0.4) is 0 Å². The van der Waals surface area contributed by atoms with E-state index in [0.29, 0.717) is 18.7 Å². The average molecular weight is 412 g/mol. The highest BCUT2D eigenvalue weighted by molar-refractivity contribution is 9.11. The van der Waals surface area contributed by atoms with Gasteiger partial charge in [-0.2, -0.15) is 0 Å². The fourth-order valence-electron chi connectivity index (χ4n) is 2.07. The second-order valence-corrected chi connectivity index (χ2v) is 6.58. The molecule has 110 valence electrons. The van der Waals surface area contributed by atoms with E-state index in [2.05, 4.69) is 36.8 Å². The quantitative estimate of drug-likeness (QED) is 0.737. The van der Waals surface area contributed by atoms with Crippen molar-refractivity contribution in [2.75, 3.05) is 6.54 Å². The number of hydrogen-bond acceptors (Lipinski definition) is 2. The summed E-state index contributed by atoms with van der Waals surface area (Å²) in [6.07, 6.45) is 0. The predicted octanol–water partition coefficient (Wildman–Crippen LogP) is 4.58. The first kappa shape index (κ1) is 16.2.